The lowest BCUT2D eigenvalue weighted by molar-refractivity contribution is -0.144. The summed E-state index contributed by atoms with van der Waals surface area (Å²) in [5.74, 6) is -2.54. The SMILES string of the molecule is CCOC(=O)C1=C(C2CCN(S(=O)(=O)[C@H]3C[C@H](C(=O)O)C3)CC2)NC(c2nccs2)=NC1c1ccc(F)cc1Cl. The first kappa shape index (κ1) is 28.7. The van der Waals surface area contributed by atoms with Crippen LogP contribution in [0.4, 0.5) is 4.39 Å². The monoisotopic (exact) mass is 610 g/mol. The minimum Gasteiger partial charge on any atom is -0.481 e. The molecule has 0 spiro atoms. The predicted octanol–water partition coefficient (Wildman–Crippen LogP) is 3.75. The Morgan fingerprint density at radius 1 is 1.27 bits per heavy atom. The molecule has 1 aromatic carbocycles. The minimum absolute atomic E-state index is 0.108. The number of aliphatic imine (C=N–C) groups is 1. The third-order valence-electron chi connectivity index (χ3n) is 7.55. The van der Waals surface area contributed by atoms with E-state index in [2.05, 4.69) is 10.3 Å². The molecule has 3 heterocycles. The lowest BCUT2D eigenvalue weighted by Gasteiger charge is -2.40. The normalized spacial score (nSPS) is 24.2. The van der Waals surface area contributed by atoms with Crippen LogP contribution in [0.3, 0.4) is 0 Å². The van der Waals surface area contributed by atoms with Crippen LogP contribution in [0, 0.1) is 17.7 Å². The van der Waals surface area contributed by atoms with Crippen LogP contribution in [0.15, 0.2) is 46.0 Å². The summed E-state index contributed by atoms with van der Waals surface area (Å²) < 4.78 is 47.0. The number of carbonyl (C=O) groups is 2. The number of halogens is 2. The number of ether oxygens (including phenoxy) is 1. The first-order valence-electron chi connectivity index (χ1n) is 12.9. The highest BCUT2D eigenvalue weighted by Crippen LogP contribution is 2.41. The van der Waals surface area contributed by atoms with Crippen molar-refractivity contribution in [2.75, 3.05) is 19.7 Å². The molecule has 14 heteroatoms. The molecule has 5 rings (SSSR count). The zero-order chi connectivity index (χ0) is 28.6. The van der Waals surface area contributed by atoms with Gasteiger partial charge in [-0.05, 0) is 44.7 Å². The van der Waals surface area contributed by atoms with E-state index in [1.807, 2.05) is 0 Å². The van der Waals surface area contributed by atoms with Crippen LogP contribution in [0.5, 0.6) is 0 Å². The average Bonchev–Trinajstić information content (AvgIpc) is 3.42. The van der Waals surface area contributed by atoms with Crippen molar-refractivity contribution in [2.45, 2.75) is 43.9 Å². The third kappa shape index (κ3) is 5.52. The van der Waals surface area contributed by atoms with E-state index >= 15 is 0 Å². The van der Waals surface area contributed by atoms with Crippen molar-refractivity contribution >= 4 is 50.7 Å². The Morgan fingerprint density at radius 2 is 2.00 bits per heavy atom. The van der Waals surface area contributed by atoms with Crippen molar-refractivity contribution in [1.29, 1.82) is 0 Å². The van der Waals surface area contributed by atoms with Crippen LogP contribution in [0.2, 0.25) is 5.02 Å². The highest BCUT2D eigenvalue weighted by atomic mass is 35.5. The summed E-state index contributed by atoms with van der Waals surface area (Å²) in [5, 5.41) is 14.2. The Kier molecular flexibility index (Phi) is 8.27. The van der Waals surface area contributed by atoms with Crippen LogP contribution in [-0.4, -0.2) is 65.5 Å². The first-order chi connectivity index (χ1) is 19.1. The molecule has 10 nitrogen and oxygen atoms in total. The van der Waals surface area contributed by atoms with Crippen molar-refractivity contribution in [2.24, 2.45) is 16.8 Å². The number of aliphatic carboxylic acids is 1. The highest BCUT2D eigenvalue weighted by Gasteiger charge is 2.46. The fraction of sp³-hybridized carbons (Fsp3) is 0.462. The molecule has 1 unspecified atom stereocenters. The number of carboxylic acids is 1. The number of allylic oxidation sites excluding steroid dienone is 1. The predicted molar refractivity (Wildman–Crippen MR) is 147 cm³/mol. The third-order valence-corrected chi connectivity index (χ3v) is 11.0. The quantitative estimate of drug-likeness (QED) is 0.431. The maximum absolute atomic E-state index is 13.9. The summed E-state index contributed by atoms with van der Waals surface area (Å²) in [7, 11) is -3.64. The van der Waals surface area contributed by atoms with E-state index in [-0.39, 0.29) is 49.1 Å². The second-order valence-electron chi connectivity index (χ2n) is 9.90. The van der Waals surface area contributed by atoms with Gasteiger partial charge in [0.1, 0.15) is 11.9 Å². The number of carbonyl (C=O) groups excluding carboxylic acids is 1. The number of nitrogens with zero attached hydrogens (tertiary/aromatic N) is 3. The second kappa shape index (κ2) is 11.6. The maximum Gasteiger partial charge on any atom is 0.338 e. The van der Waals surface area contributed by atoms with Gasteiger partial charge < -0.3 is 15.2 Å². The topological polar surface area (TPSA) is 138 Å². The molecule has 1 atom stereocenters. The van der Waals surface area contributed by atoms with E-state index in [1.54, 1.807) is 18.5 Å². The summed E-state index contributed by atoms with van der Waals surface area (Å²) in [6.07, 6.45) is 2.69. The molecule has 0 radical (unpaired) electrons. The van der Waals surface area contributed by atoms with Gasteiger partial charge in [-0.25, -0.2) is 26.9 Å². The van der Waals surface area contributed by atoms with Crippen molar-refractivity contribution < 1.29 is 32.2 Å². The van der Waals surface area contributed by atoms with Gasteiger partial charge in [-0.1, -0.05) is 17.7 Å². The van der Waals surface area contributed by atoms with Gasteiger partial charge in [0.2, 0.25) is 10.0 Å². The summed E-state index contributed by atoms with van der Waals surface area (Å²) in [4.78, 5) is 33.7. The molecule has 40 heavy (non-hydrogen) atoms. The number of piperidine rings is 1. The Balaban J connectivity index is 1.47. The number of thiazole rings is 1. The van der Waals surface area contributed by atoms with Gasteiger partial charge in [0.05, 0.1) is 23.3 Å². The number of aromatic nitrogens is 1. The van der Waals surface area contributed by atoms with E-state index in [0.29, 0.717) is 34.9 Å². The van der Waals surface area contributed by atoms with Crippen LogP contribution >= 0.6 is 22.9 Å². The Morgan fingerprint density at radius 3 is 2.60 bits per heavy atom. The summed E-state index contributed by atoms with van der Waals surface area (Å²) >= 11 is 7.79. The molecule has 2 N–H and O–H groups in total. The van der Waals surface area contributed by atoms with E-state index in [9.17, 15) is 22.4 Å². The van der Waals surface area contributed by atoms with Gasteiger partial charge in [0, 0.05) is 46.9 Å². The average molecular weight is 611 g/mol. The van der Waals surface area contributed by atoms with Crippen LogP contribution in [0.25, 0.3) is 0 Å². The number of benzene rings is 1. The molecule has 1 saturated heterocycles. The van der Waals surface area contributed by atoms with Gasteiger partial charge in [-0.2, -0.15) is 0 Å². The lowest BCUT2D eigenvalue weighted by Crippen LogP contribution is -2.50. The van der Waals surface area contributed by atoms with Gasteiger partial charge in [0.25, 0.3) is 0 Å². The molecule has 2 fully saturated rings. The van der Waals surface area contributed by atoms with Crippen LogP contribution < -0.4 is 5.32 Å². The van der Waals surface area contributed by atoms with Gasteiger partial charge >= 0.3 is 11.9 Å². The number of hydrogen-bond acceptors (Lipinski definition) is 9. The van der Waals surface area contributed by atoms with Crippen molar-refractivity contribution in [1.82, 2.24) is 14.6 Å². The number of nitrogens with one attached hydrogen (secondary N) is 1. The zero-order valence-corrected chi connectivity index (χ0v) is 23.9. The summed E-state index contributed by atoms with van der Waals surface area (Å²) in [5.41, 5.74) is 1.22. The summed E-state index contributed by atoms with van der Waals surface area (Å²) in [6.45, 7) is 2.25. The number of esters is 1. The minimum atomic E-state index is -3.64. The summed E-state index contributed by atoms with van der Waals surface area (Å²) in [6, 6.07) is 3.01. The molecule has 3 aliphatic rings. The van der Waals surface area contributed by atoms with Crippen LogP contribution in [0.1, 0.15) is 49.2 Å². The van der Waals surface area contributed by atoms with E-state index in [1.165, 1.54) is 33.8 Å². The fourth-order valence-corrected chi connectivity index (χ4v) is 8.29. The van der Waals surface area contributed by atoms with Crippen molar-refractivity contribution in [3.63, 3.8) is 0 Å². The van der Waals surface area contributed by atoms with Gasteiger partial charge in [0.15, 0.2) is 10.8 Å². The van der Waals surface area contributed by atoms with Gasteiger partial charge in [-0.3, -0.25) is 9.79 Å². The van der Waals surface area contributed by atoms with E-state index < -0.39 is 45.0 Å². The second-order valence-corrected chi connectivity index (χ2v) is 13.4. The maximum atomic E-state index is 13.9. The van der Waals surface area contributed by atoms with Crippen LogP contribution in [-0.2, 0) is 24.3 Å². The molecule has 2 aliphatic heterocycles. The Labute approximate surface area is 240 Å². The molecule has 2 aromatic rings. The number of hydrogen-bond donors (Lipinski definition) is 2. The molecule has 214 valence electrons. The Bertz CT molecular complexity index is 1470. The first-order valence-corrected chi connectivity index (χ1v) is 15.7. The molecule has 0 bridgehead atoms. The number of amidine groups is 1. The largest absolute Gasteiger partial charge is 0.481 e. The smallest absolute Gasteiger partial charge is 0.338 e. The van der Waals surface area contributed by atoms with E-state index in [4.69, 9.17) is 26.4 Å². The molecule has 1 saturated carbocycles. The Hall–Kier alpha value is -2.87. The van der Waals surface area contributed by atoms with E-state index in [0.717, 1.165) is 0 Å². The number of carboxylic acid groups (broad SMARTS) is 1. The molecule has 1 aromatic heterocycles. The molecule has 0 amide bonds. The number of rotatable bonds is 8. The molecular formula is C26H28ClFN4O6S2. The highest BCUT2D eigenvalue weighted by molar-refractivity contribution is 7.89. The van der Waals surface area contributed by atoms with Crippen molar-refractivity contribution in [3.05, 3.63) is 62.5 Å². The molecular weight excluding hydrogens is 583 g/mol. The lowest BCUT2D eigenvalue weighted by atomic mass is 9.85. The zero-order valence-electron chi connectivity index (χ0n) is 21.5. The number of sulfonamides is 1. The molecule has 1 aliphatic carbocycles. The fourth-order valence-electron chi connectivity index (χ4n) is 5.34. The van der Waals surface area contributed by atoms with Gasteiger partial charge in [-0.15, -0.1) is 11.3 Å². The standard InChI is InChI=1S/C26H28ClFN4O6S2/c1-2-38-26(35)20-21(14-5-8-32(9-6-14)40(36,37)17-11-15(12-17)25(33)34)30-23(24-29-7-10-39-24)31-22(20)18-4-3-16(28)13-19(18)27/h3-4,7,10,13-15,17,22H,2,5-6,8-9,11-12H2,1H3,(H,30,31)(H,33,34)/t15-,17-,22?. The van der Waals surface area contributed by atoms with Crippen molar-refractivity contribution in [3.8, 4) is 0 Å².